The molecule has 0 saturated carbocycles. The third kappa shape index (κ3) is 7.54. The molecule has 1 atom stereocenters. The summed E-state index contributed by atoms with van der Waals surface area (Å²) in [7, 11) is 0. The van der Waals surface area contributed by atoms with E-state index >= 15 is 0 Å². The Morgan fingerprint density at radius 2 is 1.87 bits per heavy atom. The van der Waals surface area contributed by atoms with E-state index in [1.807, 2.05) is 57.2 Å². The normalized spacial score (nSPS) is 12.2. The van der Waals surface area contributed by atoms with E-state index in [9.17, 15) is 9.59 Å². The fourth-order valence-corrected chi connectivity index (χ4v) is 3.71. The Hall–Kier alpha value is -2.05. The van der Waals surface area contributed by atoms with Gasteiger partial charge in [0.2, 0.25) is 5.91 Å². The van der Waals surface area contributed by atoms with Crippen molar-refractivity contribution in [3.8, 4) is 5.75 Å². The highest BCUT2D eigenvalue weighted by atomic mass is 79.9. The second-order valence-electron chi connectivity index (χ2n) is 8.44. The number of carbonyl (C=O) groups is 2. The van der Waals surface area contributed by atoms with Crippen molar-refractivity contribution in [3.63, 3.8) is 0 Å². The van der Waals surface area contributed by atoms with Gasteiger partial charge in [0, 0.05) is 17.1 Å². The van der Waals surface area contributed by atoms with Crippen LogP contribution in [-0.2, 0) is 22.6 Å². The van der Waals surface area contributed by atoms with Crippen LogP contribution in [-0.4, -0.2) is 34.9 Å². The van der Waals surface area contributed by atoms with Gasteiger partial charge in [-0.05, 0) is 79.4 Å². The van der Waals surface area contributed by atoms with Gasteiger partial charge in [0.05, 0.1) is 4.47 Å². The molecule has 5 nitrogen and oxygen atoms in total. The standard InChI is InChI=1S/C24H30BrClN2O3/c1-6-17-11-12-21(19(25)13-17)31-15-22(29)28(14-18-9-7-8-10-20(18)26)16(2)23(30)27-24(3,4)5/h7-13,16H,6,14-15H2,1-5H3,(H,27,30)/t16-/m0/s1. The van der Waals surface area contributed by atoms with E-state index in [0.717, 1.165) is 16.5 Å². The van der Waals surface area contributed by atoms with Crippen molar-refractivity contribution in [1.82, 2.24) is 10.2 Å². The topological polar surface area (TPSA) is 58.6 Å². The number of nitrogens with one attached hydrogen (secondary N) is 1. The molecule has 0 saturated heterocycles. The van der Waals surface area contributed by atoms with E-state index in [-0.39, 0.29) is 25.0 Å². The Labute approximate surface area is 198 Å². The Morgan fingerprint density at radius 1 is 1.19 bits per heavy atom. The average Bonchev–Trinajstić information content (AvgIpc) is 2.70. The number of rotatable bonds is 8. The molecule has 31 heavy (non-hydrogen) atoms. The summed E-state index contributed by atoms with van der Waals surface area (Å²) in [6, 6.07) is 12.4. The van der Waals surface area contributed by atoms with Crippen molar-refractivity contribution < 1.29 is 14.3 Å². The number of hydrogen-bond donors (Lipinski definition) is 1. The molecular weight excluding hydrogens is 480 g/mol. The van der Waals surface area contributed by atoms with Gasteiger partial charge in [0.1, 0.15) is 11.8 Å². The number of ether oxygens (including phenoxy) is 1. The molecule has 0 unspecified atom stereocenters. The monoisotopic (exact) mass is 508 g/mol. The molecule has 168 valence electrons. The van der Waals surface area contributed by atoms with Crippen molar-refractivity contribution in [3.05, 3.63) is 63.1 Å². The van der Waals surface area contributed by atoms with Gasteiger partial charge >= 0.3 is 0 Å². The fourth-order valence-electron chi connectivity index (χ4n) is 2.97. The first kappa shape index (κ1) is 25.2. The molecule has 2 aromatic carbocycles. The minimum Gasteiger partial charge on any atom is -0.483 e. The minimum atomic E-state index is -0.697. The van der Waals surface area contributed by atoms with Crippen LogP contribution in [0.25, 0.3) is 0 Å². The SMILES string of the molecule is CCc1ccc(OCC(=O)N(Cc2ccccc2Cl)[C@@H](C)C(=O)NC(C)(C)C)c(Br)c1. The Balaban J connectivity index is 2.21. The third-order valence-electron chi connectivity index (χ3n) is 4.72. The molecule has 0 bridgehead atoms. The van der Waals surface area contributed by atoms with Crippen molar-refractivity contribution in [2.75, 3.05) is 6.61 Å². The van der Waals surface area contributed by atoms with E-state index in [0.29, 0.717) is 10.8 Å². The molecule has 0 spiro atoms. The first-order valence-electron chi connectivity index (χ1n) is 10.3. The smallest absolute Gasteiger partial charge is 0.261 e. The zero-order chi connectivity index (χ0) is 23.2. The lowest BCUT2D eigenvalue weighted by atomic mass is 10.1. The third-order valence-corrected chi connectivity index (χ3v) is 5.71. The quantitative estimate of drug-likeness (QED) is 0.520. The Bertz CT molecular complexity index is 927. The second kappa shape index (κ2) is 11.0. The fraction of sp³-hybridized carbons (Fsp3) is 0.417. The summed E-state index contributed by atoms with van der Waals surface area (Å²) in [5.41, 5.74) is 1.52. The number of hydrogen-bond acceptors (Lipinski definition) is 3. The molecule has 2 aromatic rings. The molecular formula is C24H30BrClN2O3. The van der Waals surface area contributed by atoms with Crippen LogP contribution in [0.2, 0.25) is 5.02 Å². The number of amides is 2. The molecule has 2 rings (SSSR count). The van der Waals surface area contributed by atoms with E-state index in [1.54, 1.807) is 13.0 Å². The lowest BCUT2D eigenvalue weighted by Gasteiger charge is -2.31. The van der Waals surface area contributed by atoms with Crippen LogP contribution in [0.4, 0.5) is 0 Å². The van der Waals surface area contributed by atoms with Gasteiger partial charge in [-0.3, -0.25) is 9.59 Å². The highest BCUT2D eigenvalue weighted by Crippen LogP contribution is 2.26. The number of nitrogens with zero attached hydrogens (tertiary/aromatic N) is 1. The molecule has 2 amide bonds. The zero-order valence-corrected chi connectivity index (χ0v) is 21.0. The number of halogens is 2. The van der Waals surface area contributed by atoms with E-state index in [1.165, 1.54) is 10.5 Å². The van der Waals surface area contributed by atoms with Gasteiger partial charge < -0.3 is 15.0 Å². The van der Waals surface area contributed by atoms with Crippen molar-refractivity contribution >= 4 is 39.3 Å². The summed E-state index contributed by atoms with van der Waals surface area (Å²) < 4.78 is 6.56. The number of aryl methyl sites for hydroxylation is 1. The Kier molecular flexibility index (Phi) is 8.95. The summed E-state index contributed by atoms with van der Waals surface area (Å²) in [5, 5.41) is 3.48. The molecule has 0 aliphatic rings. The van der Waals surface area contributed by atoms with Gasteiger partial charge in [-0.25, -0.2) is 0 Å². The maximum atomic E-state index is 13.1. The lowest BCUT2D eigenvalue weighted by molar-refractivity contribution is -0.142. The van der Waals surface area contributed by atoms with Crippen LogP contribution >= 0.6 is 27.5 Å². The number of benzene rings is 2. The van der Waals surface area contributed by atoms with E-state index < -0.39 is 11.6 Å². The van der Waals surface area contributed by atoms with Gasteiger partial charge in [-0.15, -0.1) is 0 Å². The van der Waals surface area contributed by atoms with Gasteiger partial charge in [0.15, 0.2) is 6.61 Å². The summed E-state index contributed by atoms with van der Waals surface area (Å²) in [6.07, 6.45) is 0.907. The van der Waals surface area contributed by atoms with Crippen molar-refractivity contribution in [2.45, 2.75) is 59.2 Å². The van der Waals surface area contributed by atoms with Crippen LogP contribution in [0.3, 0.4) is 0 Å². The minimum absolute atomic E-state index is 0.193. The summed E-state index contributed by atoms with van der Waals surface area (Å²) in [6.45, 7) is 9.50. The van der Waals surface area contributed by atoms with Gasteiger partial charge in [-0.2, -0.15) is 0 Å². The molecule has 0 aromatic heterocycles. The average molecular weight is 510 g/mol. The molecule has 0 fully saturated rings. The first-order chi connectivity index (χ1) is 14.5. The van der Waals surface area contributed by atoms with Crippen molar-refractivity contribution in [1.29, 1.82) is 0 Å². The molecule has 0 radical (unpaired) electrons. The highest BCUT2D eigenvalue weighted by Gasteiger charge is 2.29. The van der Waals surface area contributed by atoms with Gasteiger partial charge in [-0.1, -0.05) is 42.8 Å². The predicted octanol–water partition coefficient (Wildman–Crippen LogP) is 5.38. The van der Waals surface area contributed by atoms with Crippen LogP contribution < -0.4 is 10.1 Å². The summed E-state index contributed by atoms with van der Waals surface area (Å²) >= 11 is 9.80. The van der Waals surface area contributed by atoms with E-state index in [4.69, 9.17) is 16.3 Å². The Morgan fingerprint density at radius 3 is 2.45 bits per heavy atom. The maximum absolute atomic E-state index is 13.1. The van der Waals surface area contributed by atoms with Gasteiger partial charge in [0.25, 0.3) is 5.91 Å². The number of carbonyl (C=O) groups excluding carboxylic acids is 2. The summed E-state index contributed by atoms with van der Waals surface area (Å²) in [4.78, 5) is 27.4. The maximum Gasteiger partial charge on any atom is 0.261 e. The largest absolute Gasteiger partial charge is 0.483 e. The van der Waals surface area contributed by atoms with Crippen LogP contribution in [0, 0.1) is 0 Å². The molecule has 0 aliphatic carbocycles. The summed E-state index contributed by atoms with van der Waals surface area (Å²) in [5.74, 6) is 0.0411. The molecule has 1 N–H and O–H groups in total. The van der Waals surface area contributed by atoms with Crippen molar-refractivity contribution in [2.24, 2.45) is 0 Å². The van der Waals surface area contributed by atoms with Crippen LogP contribution in [0.15, 0.2) is 46.9 Å². The second-order valence-corrected chi connectivity index (χ2v) is 9.70. The van der Waals surface area contributed by atoms with Crippen LogP contribution in [0.1, 0.15) is 45.7 Å². The van der Waals surface area contributed by atoms with Crippen LogP contribution in [0.5, 0.6) is 5.75 Å². The van der Waals surface area contributed by atoms with E-state index in [2.05, 4.69) is 28.2 Å². The lowest BCUT2D eigenvalue weighted by Crippen LogP contribution is -2.53. The molecule has 7 heteroatoms. The predicted molar refractivity (Wildman–Crippen MR) is 128 cm³/mol. The highest BCUT2D eigenvalue weighted by molar-refractivity contribution is 9.10. The molecule has 0 heterocycles. The molecule has 0 aliphatic heterocycles. The zero-order valence-electron chi connectivity index (χ0n) is 18.7. The first-order valence-corrected chi connectivity index (χ1v) is 11.4.